The summed E-state index contributed by atoms with van der Waals surface area (Å²) in [6.45, 7) is 3.04. The number of aryl methyl sites for hydroxylation is 1. The topological polar surface area (TPSA) is 24.9 Å². The molecule has 0 unspecified atom stereocenters. The minimum absolute atomic E-state index is 0.735. The second-order valence-corrected chi connectivity index (χ2v) is 6.68. The summed E-state index contributed by atoms with van der Waals surface area (Å²) in [6, 6.07) is 10.8. The largest absolute Gasteiger partial charge is 0.310 e. The molecule has 0 radical (unpaired) electrons. The number of halogens is 1. The van der Waals surface area contributed by atoms with Crippen LogP contribution in [-0.2, 0) is 6.54 Å². The SMILES string of the molecule is Cc1cc(CNC2CC2)cnc1Sc1ccc(Cl)cc1. The average Bonchev–Trinajstić information content (AvgIpc) is 3.26. The molecule has 1 aliphatic carbocycles. The molecule has 1 aromatic carbocycles. The van der Waals surface area contributed by atoms with Crippen molar-refractivity contribution in [3.63, 3.8) is 0 Å². The molecule has 0 spiro atoms. The number of hydrogen-bond donors (Lipinski definition) is 1. The van der Waals surface area contributed by atoms with Crippen molar-refractivity contribution < 1.29 is 0 Å². The standard InChI is InChI=1S/C16H17ClN2S/c1-11-8-12(9-18-14-4-5-14)10-19-16(11)20-15-6-2-13(17)3-7-15/h2-3,6-8,10,14,18H,4-5,9H2,1H3. The lowest BCUT2D eigenvalue weighted by molar-refractivity contribution is 0.684. The third kappa shape index (κ3) is 3.75. The van der Waals surface area contributed by atoms with Gasteiger partial charge in [-0.25, -0.2) is 4.98 Å². The molecule has 1 aliphatic rings. The van der Waals surface area contributed by atoms with Gasteiger partial charge in [0.05, 0.1) is 0 Å². The zero-order chi connectivity index (χ0) is 13.9. The molecule has 1 aromatic heterocycles. The van der Waals surface area contributed by atoms with Crippen LogP contribution in [0.25, 0.3) is 0 Å². The molecular formula is C16H17ClN2S. The van der Waals surface area contributed by atoms with Gasteiger partial charge in [-0.1, -0.05) is 29.4 Å². The van der Waals surface area contributed by atoms with Crippen molar-refractivity contribution in [2.24, 2.45) is 0 Å². The smallest absolute Gasteiger partial charge is 0.104 e. The van der Waals surface area contributed by atoms with E-state index < -0.39 is 0 Å². The summed E-state index contributed by atoms with van der Waals surface area (Å²) in [7, 11) is 0. The first-order valence-electron chi connectivity index (χ1n) is 6.83. The predicted octanol–water partition coefficient (Wildman–Crippen LogP) is 4.45. The minimum Gasteiger partial charge on any atom is -0.310 e. The van der Waals surface area contributed by atoms with Gasteiger partial charge in [0.15, 0.2) is 0 Å². The lowest BCUT2D eigenvalue weighted by atomic mass is 10.2. The summed E-state index contributed by atoms with van der Waals surface area (Å²) in [5.74, 6) is 0. The van der Waals surface area contributed by atoms with Gasteiger partial charge >= 0.3 is 0 Å². The molecule has 104 valence electrons. The van der Waals surface area contributed by atoms with Crippen molar-refractivity contribution in [2.45, 2.75) is 42.3 Å². The maximum atomic E-state index is 5.90. The van der Waals surface area contributed by atoms with Crippen molar-refractivity contribution in [2.75, 3.05) is 0 Å². The first kappa shape index (κ1) is 13.9. The van der Waals surface area contributed by atoms with Crippen LogP contribution in [0.15, 0.2) is 46.5 Å². The van der Waals surface area contributed by atoms with E-state index in [0.29, 0.717) is 0 Å². The second-order valence-electron chi connectivity index (χ2n) is 5.18. The Morgan fingerprint density at radius 3 is 2.70 bits per heavy atom. The Labute approximate surface area is 129 Å². The van der Waals surface area contributed by atoms with E-state index in [1.54, 1.807) is 11.8 Å². The third-order valence-corrected chi connectivity index (χ3v) is 4.67. The number of pyridine rings is 1. The van der Waals surface area contributed by atoms with Crippen molar-refractivity contribution in [1.29, 1.82) is 0 Å². The summed E-state index contributed by atoms with van der Waals surface area (Å²) in [5, 5.41) is 5.34. The van der Waals surface area contributed by atoms with Crippen molar-refractivity contribution in [3.05, 3.63) is 52.7 Å². The van der Waals surface area contributed by atoms with E-state index >= 15 is 0 Å². The second kappa shape index (κ2) is 6.17. The third-order valence-electron chi connectivity index (χ3n) is 3.29. The van der Waals surface area contributed by atoms with Crippen LogP contribution < -0.4 is 5.32 Å². The van der Waals surface area contributed by atoms with Crippen LogP contribution in [0.4, 0.5) is 0 Å². The van der Waals surface area contributed by atoms with Crippen molar-refractivity contribution in [3.8, 4) is 0 Å². The van der Waals surface area contributed by atoms with Gasteiger partial charge < -0.3 is 5.32 Å². The van der Waals surface area contributed by atoms with Crippen LogP contribution >= 0.6 is 23.4 Å². The Morgan fingerprint density at radius 1 is 1.30 bits per heavy atom. The van der Waals surface area contributed by atoms with Gasteiger partial charge in [-0.2, -0.15) is 0 Å². The first-order chi connectivity index (χ1) is 9.70. The van der Waals surface area contributed by atoms with Crippen LogP contribution in [0.1, 0.15) is 24.0 Å². The average molecular weight is 305 g/mol. The molecule has 0 aliphatic heterocycles. The fraction of sp³-hybridized carbons (Fsp3) is 0.312. The number of nitrogens with zero attached hydrogens (tertiary/aromatic N) is 1. The van der Waals surface area contributed by atoms with Crippen LogP contribution in [-0.4, -0.2) is 11.0 Å². The molecule has 0 bridgehead atoms. The van der Waals surface area contributed by atoms with E-state index in [0.717, 1.165) is 27.5 Å². The van der Waals surface area contributed by atoms with Gasteiger partial charge in [-0.15, -0.1) is 0 Å². The molecule has 1 fully saturated rings. The normalized spacial score (nSPS) is 14.5. The van der Waals surface area contributed by atoms with E-state index in [9.17, 15) is 0 Å². The van der Waals surface area contributed by atoms with Crippen molar-refractivity contribution >= 4 is 23.4 Å². The summed E-state index contributed by atoms with van der Waals surface area (Å²) < 4.78 is 0. The lowest BCUT2D eigenvalue weighted by Crippen LogP contribution is -2.15. The predicted molar refractivity (Wildman–Crippen MR) is 84.4 cm³/mol. The van der Waals surface area contributed by atoms with Crippen molar-refractivity contribution in [1.82, 2.24) is 10.3 Å². The van der Waals surface area contributed by atoms with E-state index in [-0.39, 0.29) is 0 Å². The van der Waals surface area contributed by atoms with Crippen LogP contribution in [0.5, 0.6) is 0 Å². The molecule has 0 amide bonds. The van der Waals surface area contributed by atoms with Crippen LogP contribution in [0, 0.1) is 6.92 Å². The van der Waals surface area contributed by atoms with E-state index in [1.165, 1.54) is 24.0 Å². The first-order valence-corrected chi connectivity index (χ1v) is 8.02. The zero-order valence-corrected chi connectivity index (χ0v) is 13.0. The number of benzene rings is 1. The molecule has 4 heteroatoms. The molecule has 3 rings (SSSR count). The fourth-order valence-electron chi connectivity index (χ4n) is 1.99. The highest BCUT2D eigenvalue weighted by Gasteiger charge is 2.20. The van der Waals surface area contributed by atoms with Gasteiger partial charge in [0, 0.05) is 28.7 Å². The summed E-state index contributed by atoms with van der Waals surface area (Å²) in [5.41, 5.74) is 2.48. The van der Waals surface area contributed by atoms with Gasteiger partial charge in [0.1, 0.15) is 5.03 Å². The van der Waals surface area contributed by atoms with E-state index in [1.807, 2.05) is 30.5 Å². The van der Waals surface area contributed by atoms with E-state index in [4.69, 9.17) is 11.6 Å². The van der Waals surface area contributed by atoms with Gasteiger partial charge in [-0.05, 0) is 55.2 Å². The molecule has 0 saturated heterocycles. The molecule has 2 nitrogen and oxygen atoms in total. The summed E-state index contributed by atoms with van der Waals surface area (Å²) >= 11 is 7.58. The number of hydrogen-bond acceptors (Lipinski definition) is 3. The van der Waals surface area contributed by atoms with Crippen LogP contribution in [0.3, 0.4) is 0 Å². The Balaban J connectivity index is 1.68. The Morgan fingerprint density at radius 2 is 2.05 bits per heavy atom. The molecule has 1 saturated carbocycles. The highest BCUT2D eigenvalue weighted by molar-refractivity contribution is 7.99. The quantitative estimate of drug-likeness (QED) is 0.883. The molecule has 20 heavy (non-hydrogen) atoms. The maximum Gasteiger partial charge on any atom is 0.104 e. The minimum atomic E-state index is 0.735. The number of nitrogens with one attached hydrogen (secondary N) is 1. The lowest BCUT2D eigenvalue weighted by Gasteiger charge is -2.08. The summed E-state index contributed by atoms with van der Waals surface area (Å²) in [6.07, 6.45) is 4.61. The van der Waals surface area contributed by atoms with Gasteiger partial charge in [0.2, 0.25) is 0 Å². The van der Waals surface area contributed by atoms with Gasteiger partial charge in [-0.3, -0.25) is 0 Å². The van der Waals surface area contributed by atoms with Gasteiger partial charge in [0.25, 0.3) is 0 Å². The molecule has 1 heterocycles. The fourth-order valence-corrected chi connectivity index (χ4v) is 2.93. The zero-order valence-electron chi connectivity index (χ0n) is 11.4. The molecule has 2 aromatic rings. The van der Waals surface area contributed by atoms with E-state index in [2.05, 4.69) is 23.3 Å². The Bertz CT molecular complexity index is 594. The van der Waals surface area contributed by atoms with Crippen LogP contribution in [0.2, 0.25) is 5.02 Å². The maximum absolute atomic E-state index is 5.90. The Hall–Kier alpha value is -1.03. The molecule has 1 N–H and O–H groups in total. The highest BCUT2D eigenvalue weighted by atomic mass is 35.5. The summed E-state index contributed by atoms with van der Waals surface area (Å²) in [4.78, 5) is 5.75. The molecular weight excluding hydrogens is 288 g/mol. The molecule has 0 atom stereocenters. The number of aromatic nitrogens is 1. The Kier molecular flexibility index (Phi) is 4.29. The highest BCUT2D eigenvalue weighted by Crippen LogP contribution is 2.29. The number of rotatable bonds is 5. The monoisotopic (exact) mass is 304 g/mol.